The molecule has 0 aliphatic carbocycles. The molecule has 0 saturated heterocycles. The van der Waals surface area contributed by atoms with Gasteiger partial charge in [0.15, 0.2) is 0 Å². The summed E-state index contributed by atoms with van der Waals surface area (Å²) in [5.74, 6) is 0. The second-order valence-electron chi connectivity index (χ2n) is 2.65. The van der Waals surface area contributed by atoms with Gasteiger partial charge >= 0.3 is 0 Å². The summed E-state index contributed by atoms with van der Waals surface area (Å²) >= 11 is 4.15. The molecule has 74 valence electrons. The number of halogens is 1. The van der Waals surface area contributed by atoms with Crippen molar-refractivity contribution in [3.8, 4) is 0 Å². The Bertz CT molecular complexity index is 591. The fraction of sp³-hybridized carbons (Fsp3) is 0. The maximum absolute atomic E-state index is 11.1. The van der Waals surface area contributed by atoms with Gasteiger partial charge in [0.1, 0.15) is 10.4 Å². The van der Waals surface area contributed by atoms with Crippen LogP contribution in [0.4, 0.5) is 0 Å². The molecule has 0 amide bonds. The molecule has 2 aromatic rings. The lowest BCUT2D eigenvalue weighted by atomic mass is 10.3. The lowest BCUT2D eigenvalue weighted by molar-refractivity contribution is 0.610. The normalized spacial score (nSPS) is 12.1. The smallest absolute Gasteiger partial charge is 0.263 e. The van der Waals surface area contributed by atoms with Crippen LogP contribution in [0.3, 0.4) is 0 Å². The number of aromatic amines is 1. The van der Waals surface area contributed by atoms with E-state index in [-0.39, 0.29) is 4.90 Å². The van der Waals surface area contributed by atoms with Crippen molar-refractivity contribution in [3.05, 3.63) is 18.5 Å². The number of hydrogen-bond acceptors (Lipinski definition) is 4. The first-order chi connectivity index (χ1) is 6.50. The number of H-pyrrole nitrogens is 1. The monoisotopic (exact) mass is 248 g/mol. The lowest BCUT2D eigenvalue weighted by Gasteiger charge is -1.99. The second-order valence-corrected chi connectivity index (χ2v) is 5.66. The number of nitrogens with one attached hydrogen (secondary N) is 1. The molecule has 1 heterocycles. The Morgan fingerprint density at radius 3 is 2.79 bits per heavy atom. The number of benzene rings is 1. The van der Waals surface area contributed by atoms with Crippen LogP contribution < -0.4 is 0 Å². The fourth-order valence-electron chi connectivity index (χ4n) is 1.19. The van der Waals surface area contributed by atoms with Crippen molar-refractivity contribution in [2.24, 2.45) is 0 Å². The third-order valence-electron chi connectivity index (χ3n) is 1.78. The number of fused-ring (bicyclic) bond motifs is 1. The topological polar surface area (TPSA) is 62.8 Å². The zero-order valence-electron chi connectivity index (χ0n) is 6.73. The van der Waals surface area contributed by atoms with Gasteiger partial charge in [-0.3, -0.25) is 0 Å². The Morgan fingerprint density at radius 2 is 2.14 bits per heavy atom. The average molecular weight is 249 g/mol. The van der Waals surface area contributed by atoms with Gasteiger partial charge in [-0.05, 0) is 12.1 Å². The number of imidazole rings is 1. The van der Waals surface area contributed by atoms with E-state index in [2.05, 4.69) is 22.6 Å². The first kappa shape index (κ1) is 9.82. The van der Waals surface area contributed by atoms with E-state index >= 15 is 0 Å². The van der Waals surface area contributed by atoms with Gasteiger partial charge in [-0.1, -0.05) is 0 Å². The highest BCUT2D eigenvalue weighted by Crippen LogP contribution is 2.27. The molecule has 14 heavy (non-hydrogen) atoms. The molecule has 0 atom stereocenters. The van der Waals surface area contributed by atoms with Gasteiger partial charge in [-0.15, -0.1) is 12.6 Å². The van der Waals surface area contributed by atoms with Gasteiger partial charge in [-0.25, -0.2) is 13.4 Å². The number of thiol groups is 1. The number of aromatic nitrogens is 2. The van der Waals surface area contributed by atoms with Gasteiger partial charge in [-0.2, -0.15) is 0 Å². The molecule has 1 N–H and O–H groups in total. The molecule has 7 heteroatoms. The van der Waals surface area contributed by atoms with Crippen LogP contribution in [0.15, 0.2) is 28.3 Å². The molecule has 0 aliphatic rings. The third kappa shape index (κ3) is 1.49. The van der Waals surface area contributed by atoms with E-state index in [9.17, 15) is 8.42 Å². The SMILES string of the molecule is O=S(=O)(Cl)c1ccc(S)c2[nH]cnc12. The van der Waals surface area contributed by atoms with Crippen LogP contribution in [0, 0.1) is 0 Å². The van der Waals surface area contributed by atoms with E-state index in [1.807, 2.05) is 0 Å². The molecule has 0 aliphatic heterocycles. The van der Waals surface area contributed by atoms with Crippen LogP contribution in [-0.2, 0) is 9.05 Å². The van der Waals surface area contributed by atoms with Crippen LogP contribution in [0.2, 0.25) is 0 Å². The maximum atomic E-state index is 11.1. The van der Waals surface area contributed by atoms with Gasteiger partial charge in [0, 0.05) is 15.6 Å². The Balaban J connectivity index is 2.93. The minimum atomic E-state index is -3.76. The highest BCUT2D eigenvalue weighted by molar-refractivity contribution is 8.14. The summed E-state index contributed by atoms with van der Waals surface area (Å²) in [5, 5.41) is 0. The van der Waals surface area contributed by atoms with Crippen molar-refractivity contribution in [2.75, 3.05) is 0 Å². The van der Waals surface area contributed by atoms with E-state index in [1.165, 1.54) is 12.4 Å². The average Bonchev–Trinajstić information content (AvgIpc) is 2.50. The van der Waals surface area contributed by atoms with Crippen molar-refractivity contribution in [3.63, 3.8) is 0 Å². The Labute approximate surface area is 90.1 Å². The van der Waals surface area contributed by atoms with E-state index in [4.69, 9.17) is 10.7 Å². The molecular formula is C7H5ClN2O2S2. The summed E-state index contributed by atoms with van der Waals surface area (Å²) in [5.41, 5.74) is 0.877. The fourth-order valence-corrected chi connectivity index (χ4v) is 2.42. The zero-order valence-corrected chi connectivity index (χ0v) is 9.20. The van der Waals surface area contributed by atoms with Crippen LogP contribution in [0.5, 0.6) is 0 Å². The van der Waals surface area contributed by atoms with E-state index in [0.29, 0.717) is 15.9 Å². The second kappa shape index (κ2) is 3.15. The molecule has 0 saturated carbocycles. The van der Waals surface area contributed by atoms with Crippen molar-refractivity contribution < 1.29 is 8.42 Å². The molecule has 1 aromatic carbocycles. The predicted molar refractivity (Wildman–Crippen MR) is 56.4 cm³/mol. The molecule has 0 fully saturated rings. The van der Waals surface area contributed by atoms with Crippen molar-refractivity contribution in [2.45, 2.75) is 9.79 Å². The van der Waals surface area contributed by atoms with Gasteiger partial charge in [0.05, 0.1) is 11.8 Å². The Morgan fingerprint density at radius 1 is 1.43 bits per heavy atom. The Hall–Kier alpha value is -0.720. The molecule has 4 nitrogen and oxygen atoms in total. The van der Waals surface area contributed by atoms with Crippen LogP contribution in [0.25, 0.3) is 11.0 Å². The third-order valence-corrected chi connectivity index (χ3v) is 3.51. The molecule has 0 spiro atoms. The molecule has 0 bridgehead atoms. The van der Waals surface area contributed by atoms with E-state index < -0.39 is 9.05 Å². The Kier molecular flexibility index (Phi) is 2.21. The number of rotatable bonds is 1. The van der Waals surface area contributed by atoms with Gasteiger partial charge < -0.3 is 4.98 Å². The first-order valence-corrected chi connectivity index (χ1v) is 6.35. The maximum Gasteiger partial charge on any atom is 0.263 e. The molecule has 1 aromatic heterocycles. The summed E-state index contributed by atoms with van der Waals surface area (Å²) in [6, 6.07) is 2.94. The predicted octanol–water partition coefficient (Wildman–Crippen LogP) is 1.78. The van der Waals surface area contributed by atoms with Crippen molar-refractivity contribution >= 4 is 43.4 Å². The van der Waals surface area contributed by atoms with E-state index in [1.54, 1.807) is 6.07 Å². The standard InChI is InChI=1S/C7H5ClN2O2S2/c8-14(11,12)5-2-1-4(13)6-7(5)10-3-9-6/h1-3,13H,(H,9,10). The van der Waals surface area contributed by atoms with Crippen LogP contribution >= 0.6 is 23.3 Å². The summed E-state index contributed by atoms with van der Waals surface area (Å²) in [6.07, 6.45) is 1.40. The van der Waals surface area contributed by atoms with E-state index in [0.717, 1.165) is 0 Å². The van der Waals surface area contributed by atoms with Crippen molar-refractivity contribution in [1.82, 2.24) is 9.97 Å². The van der Waals surface area contributed by atoms with Gasteiger partial charge in [0.25, 0.3) is 9.05 Å². The molecule has 0 unspecified atom stereocenters. The minimum Gasteiger partial charge on any atom is -0.344 e. The summed E-state index contributed by atoms with van der Waals surface area (Å²) in [7, 11) is 1.48. The van der Waals surface area contributed by atoms with Crippen LogP contribution in [-0.4, -0.2) is 18.4 Å². The van der Waals surface area contributed by atoms with Gasteiger partial charge in [0.2, 0.25) is 0 Å². The summed E-state index contributed by atoms with van der Waals surface area (Å²) in [4.78, 5) is 7.29. The van der Waals surface area contributed by atoms with Crippen LogP contribution in [0.1, 0.15) is 0 Å². The summed E-state index contributed by atoms with van der Waals surface area (Å²) < 4.78 is 22.3. The highest BCUT2D eigenvalue weighted by atomic mass is 35.7. The summed E-state index contributed by atoms with van der Waals surface area (Å²) in [6.45, 7) is 0. The number of nitrogens with zero attached hydrogens (tertiary/aromatic N) is 1. The molecular weight excluding hydrogens is 244 g/mol. The molecule has 0 radical (unpaired) electrons. The minimum absolute atomic E-state index is 0.00628. The van der Waals surface area contributed by atoms with Crippen molar-refractivity contribution in [1.29, 1.82) is 0 Å². The quantitative estimate of drug-likeness (QED) is 0.597. The highest BCUT2D eigenvalue weighted by Gasteiger charge is 2.16. The first-order valence-electron chi connectivity index (χ1n) is 3.60. The zero-order chi connectivity index (χ0) is 10.3. The number of hydrogen-bond donors (Lipinski definition) is 2. The lowest BCUT2D eigenvalue weighted by Crippen LogP contribution is -1.92. The largest absolute Gasteiger partial charge is 0.344 e. The molecule has 2 rings (SSSR count).